The highest BCUT2D eigenvalue weighted by atomic mass is 19.1. The second kappa shape index (κ2) is 5.88. The van der Waals surface area contributed by atoms with Crippen LogP contribution in [0.3, 0.4) is 0 Å². The maximum atomic E-state index is 13.8. The summed E-state index contributed by atoms with van der Waals surface area (Å²) in [5.41, 5.74) is 2.93. The number of aryl methyl sites for hydroxylation is 1. The van der Waals surface area contributed by atoms with Gasteiger partial charge in [0, 0.05) is 12.1 Å². The summed E-state index contributed by atoms with van der Waals surface area (Å²) in [7, 11) is 0. The minimum atomic E-state index is -0.481. The Hall–Kier alpha value is -2.89. The standard InChI is InChI=1S/C19H18FN3O2/c1-11-4-6-13(20)14(9-11)21-18(24)12-5-7-16-15(10-12)22-19(25)17-3-2-8-23(16)17/h4-7,9-10,17H,2-3,8H2,1H3,(H,21,24)(H,22,25)/t17-/m1/s1. The molecular formula is C19H18FN3O2. The normalized spacial score (nSPS) is 18.4. The van der Waals surface area contributed by atoms with Gasteiger partial charge in [-0.3, -0.25) is 9.59 Å². The van der Waals surface area contributed by atoms with Crippen LogP contribution < -0.4 is 15.5 Å². The third-order valence-electron chi connectivity index (χ3n) is 4.75. The lowest BCUT2D eigenvalue weighted by Gasteiger charge is -2.33. The molecule has 128 valence electrons. The Kier molecular flexibility index (Phi) is 3.67. The highest BCUT2D eigenvalue weighted by Gasteiger charge is 2.36. The van der Waals surface area contributed by atoms with Crippen molar-refractivity contribution in [2.45, 2.75) is 25.8 Å². The second-order valence-corrected chi connectivity index (χ2v) is 6.51. The van der Waals surface area contributed by atoms with Crippen LogP contribution in [-0.2, 0) is 4.79 Å². The van der Waals surface area contributed by atoms with Crippen LogP contribution in [0.5, 0.6) is 0 Å². The van der Waals surface area contributed by atoms with Crippen molar-refractivity contribution in [2.24, 2.45) is 0 Å². The Morgan fingerprint density at radius 3 is 2.96 bits per heavy atom. The van der Waals surface area contributed by atoms with Gasteiger partial charge >= 0.3 is 0 Å². The fourth-order valence-electron chi connectivity index (χ4n) is 3.50. The van der Waals surface area contributed by atoms with Gasteiger partial charge in [-0.05, 0) is 55.7 Å². The van der Waals surface area contributed by atoms with E-state index >= 15 is 0 Å². The van der Waals surface area contributed by atoms with E-state index in [9.17, 15) is 14.0 Å². The molecule has 0 aliphatic carbocycles. The third-order valence-corrected chi connectivity index (χ3v) is 4.75. The molecule has 5 nitrogen and oxygen atoms in total. The Morgan fingerprint density at radius 2 is 2.12 bits per heavy atom. The average molecular weight is 339 g/mol. The number of halogens is 1. The number of hydrogen-bond donors (Lipinski definition) is 2. The van der Waals surface area contributed by atoms with Crippen LogP contribution in [-0.4, -0.2) is 24.4 Å². The number of amides is 2. The van der Waals surface area contributed by atoms with Crippen molar-refractivity contribution in [3.8, 4) is 0 Å². The van der Waals surface area contributed by atoms with Crippen molar-refractivity contribution >= 4 is 28.9 Å². The zero-order chi connectivity index (χ0) is 17.6. The van der Waals surface area contributed by atoms with Gasteiger partial charge in [0.25, 0.3) is 5.91 Å². The van der Waals surface area contributed by atoms with E-state index in [0.717, 1.165) is 30.6 Å². The van der Waals surface area contributed by atoms with Gasteiger partial charge in [0.15, 0.2) is 0 Å². The number of nitrogens with zero attached hydrogens (tertiary/aromatic N) is 1. The van der Waals surface area contributed by atoms with Crippen molar-refractivity contribution in [1.82, 2.24) is 0 Å². The Labute approximate surface area is 144 Å². The lowest BCUT2D eigenvalue weighted by atomic mass is 10.1. The molecule has 0 bridgehead atoms. The molecular weight excluding hydrogens is 321 g/mol. The van der Waals surface area contributed by atoms with Crippen LogP contribution in [0.1, 0.15) is 28.8 Å². The molecule has 1 saturated heterocycles. The minimum absolute atomic E-state index is 0.0349. The third kappa shape index (κ3) is 2.73. The summed E-state index contributed by atoms with van der Waals surface area (Å²) >= 11 is 0. The average Bonchev–Trinajstić information content (AvgIpc) is 3.08. The van der Waals surface area contributed by atoms with E-state index in [1.54, 1.807) is 24.3 Å². The molecule has 2 aromatic carbocycles. The molecule has 2 N–H and O–H groups in total. The molecule has 2 aliphatic rings. The lowest BCUT2D eigenvalue weighted by Crippen LogP contribution is -2.43. The summed E-state index contributed by atoms with van der Waals surface area (Å²) < 4.78 is 13.8. The lowest BCUT2D eigenvalue weighted by molar-refractivity contribution is -0.117. The zero-order valence-electron chi connectivity index (χ0n) is 13.8. The molecule has 0 saturated carbocycles. The van der Waals surface area contributed by atoms with E-state index in [-0.39, 0.29) is 17.6 Å². The predicted octanol–water partition coefficient (Wildman–Crippen LogP) is 3.31. The van der Waals surface area contributed by atoms with E-state index in [1.807, 2.05) is 13.0 Å². The van der Waals surface area contributed by atoms with Crippen LogP contribution in [0, 0.1) is 12.7 Å². The molecule has 4 rings (SSSR count). The van der Waals surface area contributed by atoms with E-state index < -0.39 is 11.7 Å². The molecule has 0 unspecified atom stereocenters. The fourth-order valence-corrected chi connectivity index (χ4v) is 3.50. The summed E-state index contributed by atoms with van der Waals surface area (Å²) in [4.78, 5) is 26.7. The van der Waals surface area contributed by atoms with Crippen LogP contribution in [0.2, 0.25) is 0 Å². The van der Waals surface area contributed by atoms with Gasteiger partial charge in [0.2, 0.25) is 5.91 Å². The fraction of sp³-hybridized carbons (Fsp3) is 0.263. The predicted molar refractivity (Wildman–Crippen MR) is 94.5 cm³/mol. The zero-order valence-corrected chi connectivity index (χ0v) is 13.8. The first-order chi connectivity index (χ1) is 12.0. The summed E-state index contributed by atoms with van der Waals surface area (Å²) in [6.07, 6.45) is 1.83. The first-order valence-electron chi connectivity index (χ1n) is 8.32. The van der Waals surface area contributed by atoms with Crippen molar-refractivity contribution in [3.63, 3.8) is 0 Å². The van der Waals surface area contributed by atoms with Crippen LogP contribution in [0.15, 0.2) is 36.4 Å². The number of rotatable bonds is 2. The highest BCUT2D eigenvalue weighted by molar-refractivity contribution is 6.09. The first kappa shape index (κ1) is 15.6. The number of fused-ring (bicyclic) bond motifs is 3. The molecule has 6 heteroatoms. The van der Waals surface area contributed by atoms with Gasteiger partial charge in [-0.1, -0.05) is 6.07 Å². The Morgan fingerprint density at radius 1 is 1.28 bits per heavy atom. The number of carbonyl (C=O) groups excluding carboxylic acids is 2. The van der Waals surface area contributed by atoms with E-state index in [4.69, 9.17) is 0 Å². The second-order valence-electron chi connectivity index (χ2n) is 6.51. The van der Waals surface area contributed by atoms with Crippen molar-refractivity contribution in [3.05, 3.63) is 53.3 Å². The van der Waals surface area contributed by atoms with Crippen molar-refractivity contribution in [2.75, 3.05) is 22.1 Å². The minimum Gasteiger partial charge on any atom is -0.358 e. The van der Waals surface area contributed by atoms with Crippen LogP contribution in [0.4, 0.5) is 21.5 Å². The van der Waals surface area contributed by atoms with Crippen LogP contribution >= 0.6 is 0 Å². The topological polar surface area (TPSA) is 61.4 Å². The van der Waals surface area contributed by atoms with Gasteiger partial charge in [0.05, 0.1) is 17.1 Å². The van der Waals surface area contributed by atoms with Gasteiger partial charge in [-0.25, -0.2) is 4.39 Å². The summed E-state index contributed by atoms with van der Waals surface area (Å²) in [5.74, 6) is -0.928. The van der Waals surface area contributed by atoms with E-state index in [1.165, 1.54) is 6.07 Å². The van der Waals surface area contributed by atoms with Gasteiger partial charge < -0.3 is 15.5 Å². The molecule has 25 heavy (non-hydrogen) atoms. The molecule has 0 spiro atoms. The van der Waals surface area contributed by atoms with Gasteiger partial charge in [0.1, 0.15) is 11.9 Å². The number of carbonyl (C=O) groups is 2. The Bertz CT molecular complexity index is 881. The summed E-state index contributed by atoms with van der Waals surface area (Å²) in [6, 6.07) is 9.63. The quantitative estimate of drug-likeness (QED) is 0.882. The summed E-state index contributed by atoms with van der Waals surface area (Å²) in [6.45, 7) is 2.67. The van der Waals surface area contributed by atoms with E-state index in [2.05, 4.69) is 15.5 Å². The maximum absolute atomic E-state index is 13.8. The van der Waals surface area contributed by atoms with Crippen molar-refractivity contribution < 1.29 is 14.0 Å². The molecule has 2 aliphatic heterocycles. The number of anilines is 3. The highest BCUT2D eigenvalue weighted by Crippen LogP contribution is 2.37. The smallest absolute Gasteiger partial charge is 0.255 e. The van der Waals surface area contributed by atoms with E-state index in [0.29, 0.717) is 11.3 Å². The molecule has 1 fully saturated rings. The monoisotopic (exact) mass is 339 g/mol. The first-order valence-corrected chi connectivity index (χ1v) is 8.32. The largest absolute Gasteiger partial charge is 0.358 e. The summed E-state index contributed by atoms with van der Waals surface area (Å²) in [5, 5.41) is 5.47. The number of hydrogen-bond acceptors (Lipinski definition) is 3. The molecule has 0 radical (unpaired) electrons. The maximum Gasteiger partial charge on any atom is 0.255 e. The van der Waals surface area contributed by atoms with Gasteiger partial charge in [-0.2, -0.15) is 0 Å². The molecule has 1 atom stereocenters. The Balaban J connectivity index is 1.61. The molecule has 2 heterocycles. The van der Waals surface area contributed by atoms with Crippen molar-refractivity contribution in [1.29, 1.82) is 0 Å². The van der Waals surface area contributed by atoms with Crippen LogP contribution in [0.25, 0.3) is 0 Å². The molecule has 2 amide bonds. The molecule has 0 aromatic heterocycles. The SMILES string of the molecule is Cc1ccc(F)c(NC(=O)c2ccc3c(c2)NC(=O)[C@H]2CCCN32)c1. The molecule has 2 aromatic rings. The van der Waals surface area contributed by atoms with Gasteiger partial charge in [-0.15, -0.1) is 0 Å². The number of benzene rings is 2. The number of nitrogens with one attached hydrogen (secondary N) is 2.